The Morgan fingerprint density at radius 1 is 1.23 bits per heavy atom. The van der Waals surface area contributed by atoms with Crippen molar-refractivity contribution in [1.82, 2.24) is 15.0 Å². The van der Waals surface area contributed by atoms with Crippen LogP contribution in [0.4, 0.5) is 5.82 Å². The molecular weight excluding hydrogens is 304 g/mol. The fourth-order valence-electron chi connectivity index (χ4n) is 2.24. The van der Waals surface area contributed by atoms with Crippen LogP contribution in [0.1, 0.15) is 5.56 Å². The minimum Gasteiger partial charge on any atom is -0.497 e. The molecule has 0 aliphatic heterocycles. The molecule has 0 atom stereocenters. The van der Waals surface area contributed by atoms with E-state index >= 15 is 0 Å². The summed E-state index contributed by atoms with van der Waals surface area (Å²) < 4.78 is 10.6. The fourth-order valence-corrected chi connectivity index (χ4v) is 2.47. The molecule has 2 aromatic heterocycles. The third kappa shape index (κ3) is 2.65. The summed E-state index contributed by atoms with van der Waals surface area (Å²) in [6.45, 7) is 0.542. The Morgan fingerprint density at radius 2 is 2.09 bits per heavy atom. The first-order valence-electron chi connectivity index (χ1n) is 6.65. The molecule has 0 saturated carbocycles. The summed E-state index contributed by atoms with van der Waals surface area (Å²) in [6, 6.07) is 5.68. The van der Waals surface area contributed by atoms with Gasteiger partial charge in [0.25, 0.3) is 0 Å². The molecule has 2 heterocycles. The van der Waals surface area contributed by atoms with Crippen molar-refractivity contribution >= 4 is 28.5 Å². The average molecular weight is 319 g/mol. The predicted molar refractivity (Wildman–Crippen MR) is 85.8 cm³/mol. The van der Waals surface area contributed by atoms with Crippen LogP contribution in [-0.2, 0) is 6.54 Å². The molecule has 2 N–H and O–H groups in total. The largest absolute Gasteiger partial charge is 0.497 e. The smallest absolute Gasteiger partial charge is 0.144 e. The molecule has 3 aromatic rings. The van der Waals surface area contributed by atoms with Gasteiger partial charge in [0.2, 0.25) is 0 Å². The van der Waals surface area contributed by atoms with Crippen LogP contribution in [0.5, 0.6) is 11.5 Å². The van der Waals surface area contributed by atoms with Crippen molar-refractivity contribution < 1.29 is 9.47 Å². The maximum Gasteiger partial charge on any atom is 0.144 e. The van der Waals surface area contributed by atoms with E-state index in [1.807, 2.05) is 18.2 Å². The highest BCUT2D eigenvalue weighted by molar-refractivity contribution is 6.36. The van der Waals surface area contributed by atoms with Crippen molar-refractivity contribution in [2.75, 3.05) is 19.5 Å². The summed E-state index contributed by atoms with van der Waals surface area (Å²) >= 11 is 6.17. The number of aromatic nitrogens is 3. The van der Waals surface area contributed by atoms with Crippen molar-refractivity contribution in [3.63, 3.8) is 0 Å². The van der Waals surface area contributed by atoms with Gasteiger partial charge in [0, 0.05) is 24.4 Å². The molecule has 0 aliphatic rings. The Labute approximate surface area is 132 Å². The van der Waals surface area contributed by atoms with Crippen LogP contribution < -0.4 is 14.8 Å². The first-order chi connectivity index (χ1) is 10.7. The van der Waals surface area contributed by atoms with E-state index in [-0.39, 0.29) is 0 Å². The number of H-pyrrole nitrogens is 1. The second-order valence-electron chi connectivity index (χ2n) is 4.61. The third-order valence-electron chi connectivity index (χ3n) is 3.36. The molecule has 6 nitrogen and oxygen atoms in total. The molecule has 0 spiro atoms. The van der Waals surface area contributed by atoms with E-state index in [9.17, 15) is 0 Å². The van der Waals surface area contributed by atoms with Gasteiger partial charge in [0.15, 0.2) is 0 Å². The highest BCUT2D eigenvalue weighted by Gasteiger charge is 2.11. The predicted octanol–water partition coefficient (Wildman–Crippen LogP) is 3.24. The Balaban J connectivity index is 1.87. The zero-order chi connectivity index (χ0) is 15.5. The minimum atomic E-state index is 0.542. The van der Waals surface area contributed by atoms with Crippen LogP contribution in [0, 0.1) is 0 Å². The van der Waals surface area contributed by atoms with Gasteiger partial charge >= 0.3 is 0 Å². The summed E-state index contributed by atoms with van der Waals surface area (Å²) in [5.41, 5.74) is 1.69. The molecule has 0 saturated heterocycles. The molecule has 0 bridgehead atoms. The topological polar surface area (TPSA) is 72.1 Å². The molecule has 0 aliphatic carbocycles. The number of benzene rings is 1. The molecule has 114 valence electrons. The Morgan fingerprint density at radius 3 is 2.86 bits per heavy atom. The van der Waals surface area contributed by atoms with Gasteiger partial charge in [-0.3, -0.25) is 0 Å². The molecule has 0 radical (unpaired) electrons. The van der Waals surface area contributed by atoms with Crippen LogP contribution in [-0.4, -0.2) is 29.2 Å². The van der Waals surface area contributed by atoms with Crippen LogP contribution in [0.15, 0.2) is 30.7 Å². The Kier molecular flexibility index (Phi) is 4.02. The number of fused-ring (bicyclic) bond motifs is 1. The fraction of sp³-hybridized carbons (Fsp3) is 0.200. The molecule has 3 rings (SSSR count). The van der Waals surface area contributed by atoms with Crippen LogP contribution in [0.2, 0.25) is 5.02 Å². The van der Waals surface area contributed by atoms with Gasteiger partial charge in [-0.15, -0.1) is 0 Å². The Bertz CT molecular complexity index is 803. The van der Waals surface area contributed by atoms with Gasteiger partial charge in [-0.2, -0.15) is 0 Å². The molecular formula is C15H15ClN4O2. The maximum absolute atomic E-state index is 6.17. The van der Waals surface area contributed by atoms with E-state index in [1.54, 1.807) is 20.4 Å². The quantitative estimate of drug-likeness (QED) is 0.755. The molecule has 0 amide bonds. The lowest BCUT2D eigenvalue weighted by atomic mass is 10.2. The number of methoxy groups -OCH3 is 2. The summed E-state index contributed by atoms with van der Waals surface area (Å²) in [4.78, 5) is 11.4. The summed E-state index contributed by atoms with van der Waals surface area (Å²) in [7, 11) is 3.25. The lowest BCUT2D eigenvalue weighted by molar-refractivity contribution is 0.391. The minimum absolute atomic E-state index is 0.542. The number of ether oxygens (including phenoxy) is 2. The van der Waals surface area contributed by atoms with E-state index in [2.05, 4.69) is 20.3 Å². The second kappa shape index (κ2) is 6.11. The second-order valence-corrected chi connectivity index (χ2v) is 5.02. The molecule has 7 heteroatoms. The van der Waals surface area contributed by atoms with E-state index in [0.29, 0.717) is 23.0 Å². The third-order valence-corrected chi connectivity index (χ3v) is 3.66. The maximum atomic E-state index is 6.17. The van der Waals surface area contributed by atoms with Crippen LogP contribution in [0.3, 0.4) is 0 Å². The SMILES string of the molecule is COc1ccc(CNc2ncnc3[nH]cc(Cl)c23)c(OC)c1. The van der Waals surface area contributed by atoms with Gasteiger partial charge in [-0.1, -0.05) is 11.6 Å². The van der Waals surface area contributed by atoms with Gasteiger partial charge < -0.3 is 19.8 Å². The number of nitrogens with one attached hydrogen (secondary N) is 2. The molecule has 0 fully saturated rings. The Hall–Kier alpha value is -2.47. The highest BCUT2D eigenvalue weighted by Crippen LogP contribution is 2.29. The van der Waals surface area contributed by atoms with Gasteiger partial charge in [-0.05, 0) is 12.1 Å². The standard InChI is InChI=1S/C15H15ClN4O2/c1-21-10-4-3-9(12(5-10)22-2)6-17-14-13-11(16)7-18-15(13)20-8-19-14/h3-5,7-8H,6H2,1-2H3,(H2,17,18,19,20). The van der Waals surface area contributed by atoms with Crippen LogP contribution >= 0.6 is 11.6 Å². The van der Waals surface area contributed by atoms with Gasteiger partial charge in [0.1, 0.15) is 29.3 Å². The van der Waals surface area contributed by atoms with E-state index in [4.69, 9.17) is 21.1 Å². The van der Waals surface area contributed by atoms with Crippen molar-refractivity contribution in [3.8, 4) is 11.5 Å². The highest BCUT2D eigenvalue weighted by atomic mass is 35.5. The van der Waals surface area contributed by atoms with Crippen LogP contribution in [0.25, 0.3) is 11.0 Å². The number of halogens is 1. The molecule has 0 unspecified atom stereocenters. The zero-order valence-electron chi connectivity index (χ0n) is 12.2. The van der Waals surface area contributed by atoms with Crippen molar-refractivity contribution in [3.05, 3.63) is 41.3 Å². The summed E-state index contributed by atoms with van der Waals surface area (Å²) in [6.07, 6.45) is 3.18. The number of hydrogen-bond acceptors (Lipinski definition) is 5. The first-order valence-corrected chi connectivity index (χ1v) is 7.03. The lowest BCUT2D eigenvalue weighted by Crippen LogP contribution is -2.04. The molecule has 22 heavy (non-hydrogen) atoms. The zero-order valence-corrected chi connectivity index (χ0v) is 12.9. The van der Waals surface area contributed by atoms with E-state index in [1.165, 1.54) is 6.33 Å². The number of nitrogens with zero attached hydrogens (tertiary/aromatic N) is 2. The lowest BCUT2D eigenvalue weighted by Gasteiger charge is -2.12. The molecule has 1 aromatic carbocycles. The van der Waals surface area contributed by atoms with E-state index in [0.717, 1.165) is 22.4 Å². The monoisotopic (exact) mass is 318 g/mol. The summed E-state index contributed by atoms with van der Waals surface area (Å²) in [5.74, 6) is 2.17. The number of anilines is 1. The number of aromatic amines is 1. The number of rotatable bonds is 5. The van der Waals surface area contributed by atoms with Gasteiger partial charge in [0.05, 0.1) is 24.6 Å². The normalized spacial score (nSPS) is 10.7. The van der Waals surface area contributed by atoms with Crippen molar-refractivity contribution in [1.29, 1.82) is 0 Å². The number of hydrogen-bond donors (Lipinski definition) is 2. The van der Waals surface area contributed by atoms with Crippen molar-refractivity contribution in [2.45, 2.75) is 6.54 Å². The van der Waals surface area contributed by atoms with Gasteiger partial charge in [-0.25, -0.2) is 9.97 Å². The average Bonchev–Trinajstić information content (AvgIpc) is 2.94. The first kappa shape index (κ1) is 14.5. The summed E-state index contributed by atoms with van der Waals surface area (Å²) in [5, 5.41) is 4.62. The van der Waals surface area contributed by atoms with Crippen molar-refractivity contribution in [2.24, 2.45) is 0 Å². The van der Waals surface area contributed by atoms with E-state index < -0.39 is 0 Å².